The lowest BCUT2D eigenvalue weighted by atomic mass is 10.1. The SMILES string of the molecule is Cc1ccc(C)c(NC(=O)CCCCCCCC(=O)Nc2cc(C)ccc2C)c1. The third-order valence-corrected chi connectivity index (χ3v) is 5.14. The summed E-state index contributed by atoms with van der Waals surface area (Å²) in [6.45, 7) is 8.06. The van der Waals surface area contributed by atoms with E-state index in [0.29, 0.717) is 12.8 Å². The summed E-state index contributed by atoms with van der Waals surface area (Å²) in [6, 6.07) is 12.2. The van der Waals surface area contributed by atoms with E-state index in [2.05, 4.69) is 10.6 Å². The number of anilines is 2. The minimum absolute atomic E-state index is 0.0756. The molecule has 2 N–H and O–H groups in total. The van der Waals surface area contributed by atoms with Crippen LogP contribution in [0.3, 0.4) is 0 Å². The van der Waals surface area contributed by atoms with Gasteiger partial charge in [-0.3, -0.25) is 9.59 Å². The van der Waals surface area contributed by atoms with Crippen LogP contribution in [0.1, 0.15) is 67.2 Å². The van der Waals surface area contributed by atoms with Gasteiger partial charge in [0.15, 0.2) is 0 Å². The third kappa shape index (κ3) is 8.10. The largest absolute Gasteiger partial charge is 0.326 e. The van der Waals surface area contributed by atoms with Crippen molar-refractivity contribution in [3.63, 3.8) is 0 Å². The summed E-state index contributed by atoms with van der Waals surface area (Å²) in [7, 11) is 0. The van der Waals surface area contributed by atoms with Crippen LogP contribution in [-0.2, 0) is 9.59 Å². The monoisotopic (exact) mass is 394 g/mol. The van der Waals surface area contributed by atoms with Crippen LogP contribution >= 0.6 is 0 Å². The molecule has 4 heteroatoms. The molecule has 2 rings (SSSR count). The van der Waals surface area contributed by atoms with Gasteiger partial charge >= 0.3 is 0 Å². The van der Waals surface area contributed by atoms with E-state index < -0.39 is 0 Å². The van der Waals surface area contributed by atoms with Gasteiger partial charge in [-0.25, -0.2) is 0 Å². The van der Waals surface area contributed by atoms with Gasteiger partial charge in [-0.15, -0.1) is 0 Å². The van der Waals surface area contributed by atoms with Crippen LogP contribution in [0.4, 0.5) is 11.4 Å². The fraction of sp³-hybridized carbons (Fsp3) is 0.440. The molecule has 0 aliphatic heterocycles. The van der Waals surface area contributed by atoms with Crippen molar-refractivity contribution >= 4 is 23.2 Å². The zero-order valence-electron chi connectivity index (χ0n) is 18.2. The van der Waals surface area contributed by atoms with Crippen LogP contribution in [0.25, 0.3) is 0 Å². The number of carbonyl (C=O) groups excluding carboxylic acids is 2. The van der Waals surface area contributed by atoms with Gasteiger partial charge in [-0.05, 0) is 74.9 Å². The number of carbonyl (C=O) groups is 2. The molecule has 0 fully saturated rings. The Labute approximate surface area is 175 Å². The molecule has 0 radical (unpaired) electrons. The number of unbranched alkanes of at least 4 members (excludes halogenated alkanes) is 4. The Morgan fingerprint density at radius 1 is 0.621 bits per heavy atom. The Hall–Kier alpha value is -2.62. The van der Waals surface area contributed by atoms with Crippen molar-refractivity contribution < 1.29 is 9.59 Å². The molecule has 0 aliphatic carbocycles. The maximum atomic E-state index is 12.1. The van der Waals surface area contributed by atoms with Crippen molar-refractivity contribution in [3.05, 3.63) is 58.7 Å². The van der Waals surface area contributed by atoms with Crippen LogP contribution in [0.2, 0.25) is 0 Å². The fourth-order valence-corrected chi connectivity index (χ4v) is 3.27. The number of aryl methyl sites for hydroxylation is 4. The molecule has 0 spiro atoms. The summed E-state index contributed by atoms with van der Waals surface area (Å²) in [6.07, 6.45) is 5.92. The number of hydrogen-bond acceptors (Lipinski definition) is 2. The van der Waals surface area contributed by atoms with Crippen molar-refractivity contribution in [1.82, 2.24) is 0 Å². The molecule has 0 saturated heterocycles. The van der Waals surface area contributed by atoms with Gasteiger partial charge in [0.2, 0.25) is 11.8 Å². The summed E-state index contributed by atoms with van der Waals surface area (Å²) in [5.41, 5.74) is 6.28. The first kappa shape index (κ1) is 22.7. The highest BCUT2D eigenvalue weighted by molar-refractivity contribution is 5.92. The quantitative estimate of drug-likeness (QED) is 0.469. The van der Waals surface area contributed by atoms with Gasteiger partial charge in [-0.1, -0.05) is 43.5 Å². The highest BCUT2D eigenvalue weighted by Gasteiger charge is 2.07. The second kappa shape index (κ2) is 11.4. The van der Waals surface area contributed by atoms with E-state index in [1.165, 1.54) is 0 Å². The molecular formula is C25H34N2O2. The van der Waals surface area contributed by atoms with Gasteiger partial charge in [-0.2, -0.15) is 0 Å². The second-order valence-corrected chi connectivity index (χ2v) is 8.00. The molecule has 2 aromatic carbocycles. The zero-order valence-corrected chi connectivity index (χ0v) is 18.2. The normalized spacial score (nSPS) is 10.6. The van der Waals surface area contributed by atoms with Crippen molar-refractivity contribution in [2.75, 3.05) is 10.6 Å². The second-order valence-electron chi connectivity index (χ2n) is 8.00. The minimum atomic E-state index is 0.0756. The number of benzene rings is 2. The number of hydrogen-bond donors (Lipinski definition) is 2. The maximum absolute atomic E-state index is 12.1. The Balaban J connectivity index is 1.56. The minimum Gasteiger partial charge on any atom is -0.326 e. The summed E-state index contributed by atoms with van der Waals surface area (Å²) in [4.78, 5) is 24.2. The van der Waals surface area contributed by atoms with Gasteiger partial charge < -0.3 is 10.6 Å². The topological polar surface area (TPSA) is 58.2 Å². The zero-order chi connectivity index (χ0) is 21.2. The van der Waals surface area contributed by atoms with Crippen LogP contribution < -0.4 is 10.6 Å². The van der Waals surface area contributed by atoms with Gasteiger partial charge in [0, 0.05) is 24.2 Å². The standard InChI is InChI=1S/C25H34N2O2/c1-18-12-14-20(3)22(16-18)26-24(28)10-8-6-5-7-9-11-25(29)27-23-17-19(2)13-15-21(23)4/h12-17H,5-11H2,1-4H3,(H,26,28)(H,27,29). The van der Waals surface area contributed by atoms with Crippen molar-refractivity contribution in [1.29, 1.82) is 0 Å². The van der Waals surface area contributed by atoms with Crippen molar-refractivity contribution in [2.24, 2.45) is 0 Å². The Morgan fingerprint density at radius 2 is 1.00 bits per heavy atom. The Morgan fingerprint density at radius 3 is 1.41 bits per heavy atom. The molecule has 29 heavy (non-hydrogen) atoms. The molecule has 0 heterocycles. The molecule has 2 aromatic rings. The molecule has 0 saturated carbocycles. The van der Waals surface area contributed by atoms with E-state index in [-0.39, 0.29) is 11.8 Å². The molecule has 156 valence electrons. The van der Waals surface area contributed by atoms with E-state index in [1.54, 1.807) is 0 Å². The van der Waals surface area contributed by atoms with E-state index >= 15 is 0 Å². The van der Waals surface area contributed by atoms with Crippen LogP contribution in [-0.4, -0.2) is 11.8 Å². The summed E-state index contributed by atoms with van der Waals surface area (Å²) in [5, 5.41) is 6.02. The summed E-state index contributed by atoms with van der Waals surface area (Å²) < 4.78 is 0. The lowest BCUT2D eigenvalue weighted by Crippen LogP contribution is -2.12. The van der Waals surface area contributed by atoms with Crippen LogP contribution in [0, 0.1) is 27.7 Å². The average molecular weight is 395 g/mol. The molecule has 0 bridgehead atoms. The maximum Gasteiger partial charge on any atom is 0.224 e. The first-order chi connectivity index (χ1) is 13.8. The lowest BCUT2D eigenvalue weighted by Gasteiger charge is -2.10. The van der Waals surface area contributed by atoms with Crippen LogP contribution in [0.15, 0.2) is 36.4 Å². The van der Waals surface area contributed by atoms with Crippen molar-refractivity contribution in [3.8, 4) is 0 Å². The van der Waals surface area contributed by atoms with Gasteiger partial charge in [0.1, 0.15) is 0 Å². The number of nitrogens with one attached hydrogen (secondary N) is 2. The molecule has 0 atom stereocenters. The molecule has 0 aromatic heterocycles. The Kier molecular flexibility index (Phi) is 8.91. The van der Waals surface area contributed by atoms with E-state index in [9.17, 15) is 9.59 Å². The first-order valence-corrected chi connectivity index (χ1v) is 10.6. The Bertz CT molecular complexity index is 773. The number of rotatable bonds is 10. The molecular weight excluding hydrogens is 360 g/mol. The molecule has 0 unspecified atom stereocenters. The smallest absolute Gasteiger partial charge is 0.224 e. The van der Waals surface area contributed by atoms with E-state index in [4.69, 9.17) is 0 Å². The fourth-order valence-electron chi connectivity index (χ4n) is 3.27. The predicted molar refractivity (Wildman–Crippen MR) is 121 cm³/mol. The molecule has 0 aliphatic rings. The van der Waals surface area contributed by atoms with E-state index in [0.717, 1.165) is 65.7 Å². The summed E-state index contributed by atoms with van der Waals surface area (Å²) in [5.74, 6) is 0.151. The van der Waals surface area contributed by atoms with Crippen LogP contribution in [0.5, 0.6) is 0 Å². The number of amides is 2. The van der Waals surface area contributed by atoms with Crippen molar-refractivity contribution in [2.45, 2.75) is 72.6 Å². The average Bonchev–Trinajstić information content (AvgIpc) is 2.67. The predicted octanol–water partition coefficient (Wildman–Crippen LogP) is 6.23. The highest BCUT2D eigenvalue weighted by atomic mass is 16.2. The molecule has 4 nitrogen and oxygen atoms in total. The molecule has 2 amide bonds. The first-order valence-electron chi connectivity index (χ1n) is 10.6. The highest BCUT2D eigenvalue weighted by Crippen LogP contribution is 2.18. The lowest BCUT2D eigenvalue weighted by molar-refractivity contribution is -0.117. The van der Waals surface area contributed by atoms with Gasteiger partial charge in [0.05, 0.1) is 0 Å². The van der Waals surface area contributed by atoms with E-state index in [1.807, 2.05) is 64.1 Å². The third-order valence-electron chi connectivity index (χ3n) is 5.14. The summed E-state index contributed by atoms with van der Waals surface area (Å²) >= 11 is 0. The van der Waals surface area contributed by atoms with Gasteiger partial charge in [0.25, 0.3) is 0 Å².